The van der Waals surface area contributed by atoms with Gasteiger partial charge in [-0.05, 0) is 31.5 Å². The van der Waals surface area contributed by atoms with E-state index < -0.39 is 0 Å². The maximum atomic E-state index is 12.6. The summed E-state index contributed by atoms with van der Waals surface area (Å²) < 4.78 is 11.0. The van der Waals surface area contributed by atoms with E-state index in [0.29, 0.717) is 31.0 Å². The summed E-state index contributed by atoms with van der Waals surface area (Å²) in [6, 6.07) is 9.56. The largest absolute Gasteiger partial charge is 0.496 e. The first-order chi connectivity index (χ1) is 14.1. The number of hydrogen-bond donors (Lipinski definition) is 1. The highest BCUT2D eigenvalue weighted by Gasteiger charge is 2.23. The van der Waals surface area contributed by atoms with Crippen molar-refractivity contribution >= 4 is 0 Å². The van der Waals surface area contributed by atoms with Gasteiger partial charge < -0.3 is 14.5 Å². The van der Waals surface area contributed by atoms with Crippen molar-refractivity contribution in [1.82, 2.24) is 19.9 Å². The van der Waals surface area contributed by atoms with Crippen LogP contribution in [0.5, 0.6) is 11.5 Å². The Morgan fingerprint density at radius 3 is 2.76 bits per heavy atom. The van der Waals surface area contributed by atoms with E-state index in [1.54, 1.807) is 20.4 Å². The third-order valence-corrected chi connectivity index (χ3v) is 5.32. The van der Waals surface area contributed by atoms with E-state index in [4.69, 9.17) is 14.5 Å². The lowest BCUT2D eigenvalue weighted by Crippen LogP contribution is -2.35. The molecule has 0 saturated heterocycles. The molecule has 4 rings (SSSR count). The van der Waals surface area contributed by atoms with Crippen LogP contribution in [0.4, 0.5) is 0 Å². The molecule has 0 atom stereocenters. The van der Waals surface area contributed by atoms with Crippen molar-refractivity contribution < 1.29 is 9.47 Å². The van der Waals surface area contributed by atoms with Crippen molar-refractivity contribution in [2.24, 2.45) is 0 Å². The van der Waals surface area contributed by atoms with Crippen LogP contribution in [0.15, 0.2) is 41.3 Å². The molecule has 1 N–H and O–H groups in total. The van der Waals surface area contributed by atoms with Gasteiger partial charge in [-0.25, -0.2) is 4.98 Å². The summed E-state index contributed by atoms with van der Waals surface area (Å²) in [5, 5.41) is 0. The number of H-pyrrole nitrogens is 1. The van der Waals surface area contributed by atoms with Gasteiger partial charge in [-0.2, -0.15) is 0 Å². The van der Waals surface area contributed by atoms with Gasteiger partial charge in [0.1, 0.15) is 17.2 Å². The van der Waals surface area contributed by atoms with E-state index in [-0.39, 0.29) is 5.56 Å². The predicted octanol–water partition coefficient (Wildman–Crippen LogP) is 2.72. The van der Waals surface area contributed by atoms with Crippen molar-refractivity contribution in [3.05, 3.63) is 69.3 Å². The van der Waals surface area contributed by atoms with Crippen LogP contribution in [-0.4, -0.2) is 40.6 Å². The average Bonchev–Trinajstić information content (AvgIpc) is 2.74. The molecular formula is C22H24N4O3. The van der Waals surface area contributed by atoms with Crippen molar-refractivity contribution in [3.8, 4) is 23.0 Å². The minimum Gasteiger partial charge on any atom is -0.496 e. The number of fused-ring (bicyclic) bond motifs is 1. The lowest BCUT2D eigenvalue weighted by molar-refractivity contribution is 0.236. The SMILES string of the molecule is COc1ccc(CN2CCc3c(nc(-c4ccccn4)[nH]c3=O)C2)c(OC)c1C. The molecule has 0 unspecified atom stereocenters. The molecule has 1 aromatic carbocycles. The Hall–Kier alpha value is -3.19. The van der Waals surface area contributed by atoms with E-state index in [1.807, 2.05) is 37.3 Å². The standard InChI is InChI=1S/C22H24N4O3/c1-14-19(28-2)8-7-15(20(14)29-3)12-26-11-9-16-18(13-26)24-21(25-22(16)27)17-6-4-5-10-23-17/h4-8,10H,9,11-13H2,1-3H3,(H,24,25,27). The molecule has 1 aliphatic rings. The van der Waals surface area contributed by atoms with Gasteiger partial charge in [-0.3, -0.25) is 14.7 Å². The number of rotatable bonds is 5. The zero-order valence-corrected chi connectivity index (χ0v) is 16.9. The molecule has 3 aromatic rings. The maximum Gasteiger partial charge on any atom is 0.254 e. The van der Waals surface area contributed by atoms with Crippen LogP contribution in [0.1, 0.15) is 22.4 Å². The van der Waals surface area contributed by atoms with Gasteiger partial charge in [0.25, 0.3) is 5.56 Å². The van der Waals surface area contributed by atoms with Gasteiger partial charge in [0.05, 0.1) is 19.9 Å². The Balaban J connectivity index is 1.62. The van der Waals surface area contributed by atoms with Crippen LogP contribution in [0.3, 0.4) is 0 Å². The van der Waals surface area contributed by atoms with Gasteiger partial charge in [0.2, 0.25) is 0 Å². The van der Waals surface area contributed by atoms with Crippen LogP contribution < -0.4 is 15.0 Å². The minimum absolute atomic E-state index is 0.0758. The lowest BCUT2D eigenvalue weighted by Gasteiger charge is -2.28. The van der Waals surface area contributed by atoms with Crippen molar-refractivity contribution in [1.29, 1.82) is 0 Å². The number of nitrogens with one attached hydrogen (secondary N) is 1. The number of pyridine rings is 1. The van der Waals surface area contributed by atoms with Crippen LogP contribution >= 0.6 is 0 Å². The maximum absolute atomic E-state index is 12.6. The Labute approximate surface area is 169 Å². The Morgan fingerprint density at radius 1 is 1.17 bits per heavy atom. The van der Waals surface area contributed by atoms with Gasteiger partial charge in [-0.15, -0.1) is 0 Å². The Kier molecular flexibility index (Phi) is 5.31. The summed E-state index contributed by atoms with van der Waals surface area (Å²) >= 11 is 0. The number of hydrogen-bond acceptors (Lipinski definition) is 6. The molecule has 3 heterocycles. The number of aromatic nitrogens is 3. The molecule has 0 aliphatic carbocycles. The highest BCUT2D eigenvalue weighted by molar-refractivity contribution is 5.50. The van der Waals surface area contributed by atoms with E-state index in [0.717, 1.165) is 40.4 Å². The molecule has 0 amide bonds. The predicted molar refractivity (Wildman–Crippen MR) is 110 cm³/mol. The highest BCUT2D eigenvalue weighted by atomic mass is 16.5. The smallest absolute Gasteiger partial charge is 0.254 e. The van der Waals surface area contributed by atoms with E-state index in [9.17, 15) is 4.79 Å². The lowest BCUT2D eigenvalue weighted by atomic mass is 10.0. The van der Waals surface area contributed by atoms with Crippen molar-refractivity contribution in [2.75, 3.05) is 20.8 Å². The highest BCUT2D eigenvalue weighted by Crippen LogP contribution is 2.32. The summed E-state index contributed by atoms with van der Waals surface area (Å²) in [5.74, 6) is 2.15. The number of ether oxygens (including phenoxy) is 2. The van der Waals surface area contributed by atoms with Crippen LogP contribution in [0, 0.1) is 6.92 Å². The Morgan fingerprint density at radius 2 is 2.03 bits per heavy atom. The summed E-state index contributed by atoms with van der Waals surface area (Å²) in [6.45, 7) is 4.09. The second-order valence-electron chi connectivity index (χ2n) is 7.10. The fraction of sp³-hybridized carbons (Fsp3) is 0.318. The number of methoxy groups -OCH3 is 2. The normalized spacial score (nSPS) is 13.8. The fourth-order valence-electron chi connectivity index (χ4n) is 3.85. The van der Waals surface area contributed by atoms with Crippen LogP contribution in [-0.2, 0) is 19.5 Å². The zero-order chi connectivity index (χ0) is 20.4. The molecular weight excluding hydrogens is 368 g/mol. The molecule has 150 valence electrons. The average molecular weight is 392 g/mol. The summed E-state index contributed by atoms with van der Waals surface area (Å²) in [5.41, 5.74) is 4.23. The van der Waals surface area contributed by atoms with E-state index in [1.165, 1.54) is 0 Å². The van der Waals surface area contributed by atoms with Gasteiger partial charge in [-0.1, -0.05) is 12.1 Å². The summed E-state index contributed by atoms with van der Waals surface area (Å²) in [6.07, 6.45) is 2.36. The molecule has 7 heteroatoms. The van der Waals surface area contributed by atoms with E-state index in [2.05, 4.69) is 14.9 Å². The molecule has 0 radical (unpaired) electrons. The fourth-order valence-corrected chi connectivity index (χ4v) is 3.85. The summed E-state index contributed by atoms with van der Waals surface area (Å²) in [7, 11) is 3.34. The van der Waals surface area contributed by atoms with Crippen molar-refractivity contribution in [3.63, 3.8) is 0 Å². The first kappa shape index (κ1) is 19.1. The van der Waals surface area contributed by atoms with Gasteiger partial charge >= 0.3 is 0 Å². The second-order valence-corrected chi connectivity index (χ2v) is 7.10. The minimum atomic E-state index is -0.0758. The molecule has 1 aliphatic heterocycles. The number of benzene rings is 1. The number of aromatic amines is 1. The molecule has 0 fully saturated rings. The molecule has 0 spiro atoms. The van der Waals surface area contributed by atoms with E-state index >= 15 is 0 Å². The van der Waals surface area contributed by atoms with Gasteiger partial charge in [0.15, 0.2) is 5.82 Å². The number of nitrogens with zero attached hydrogens (tertiary/aromatic N) is 3. The topological polar surface area (TPSA) is 80.3 Å². The quantitative estimate of drug-likeness (QED) is 0.719. The molecule has 29 heavy (non-hydrogen) atoms. The Bertz CT molecular complexity index is 1080. The molecule has 7 nitrogen and oxygen atoms in total. The van der Waals surface area contributed by atoms with Crippen molar-refractivity contribution in [2.45, 2.75) is 26.4 Å². The first-order valence-corrected chi connectivity index (χ1v) is 9.57. The van der Waals surface area contributed by atoms with Crippen LogP contribution in [0.25, 0.3) is 11.5 Å². The van der Waals surface area contributed by atoms with Gasteiger partial charge in [0, 0.05) is 42.5 Å². The van der Waals surface area contributed by atoms with Crippen LogP contribution in [0.2, 0.25) is 0 Å². The second kappa shape index (κ2) is 8.05. The third kappa shape index (κ3) is 3.73. The monoisotopic (exact) mass is 392 g/mol. The molecule has 0 bridgehead atoms. The summed E-state index contributed by atoms with van der Waals surface area (Å²) in [4.78, 5) is 26.7. The first-order valence-electron chi connectivity index (χ1n) is 9.57. The molecule has 2 aromatic heterocycles. The zero-order valence-electron chi connectivity index (χ0n) is 16.9. The molecule has 0 saturated carbocycles. The third-order valence-electron chi connectivity index (χ3n) is 5.32.